The number of hydrogen-bond acceptors (Lipinski definition) is 6. The van der Waals surface area contributed by atoms with Crippen molar-refractivity contribution < 1.29 is 9.59 Å². The monoisotopic (exact) mass is 487 g/mol. The van der Waals surface area contributed by atoms with Crippen LogP contribution in [0.15, 0.2) is 104 Å². The molecule has 0 atom stereocenters. The van der Waals surface area contributed by atoms with Gasteiger partial charge in [0, 0.05) is 67.3 Å². The van der Waals surface area contributed by atoms with Crippen molar-refractivity contribution in [2.24, 2.45) is 0 Å². The fourth-order valence-electron chi connectivity index (χ4n) is 4.21. The predicted molar refractivity (Wildman–Crippen MR) is 139 cm³/mol. The van der Waals surface area contributed by atoms with Gasteiger partial charge in [-0.15, -0.1) is 0 Å². The first kappa shape index (κ1) is 23.9. The second-order valence-corrected chi connectivity index (χ2v) is 8.84. The van der Waals surface area contributed by atoms with E-state index in [9.17, 15) is 9.59 Å². The van der Waals surface area contributed by atoms with Crippen LogP contribution in [0.4, 0.5) is 0 Å². The van der Waals surface area contributed by atoms with E-state index in [0.29, 0.717) is 24.9 Å². The standard InChI is InChI=1S/C30H25N5O2/c36-29(19-30(37)28-18-22(7-10-34-28)20-35-12-11-31-21-35)25-14-23(16-26-5-1-3-8-32-26)13-24(15-25)17-27-6-2-4-9-33-27/h1-15,18,21H,16-17,19-20H2. The third-order valence-corrected chi connectivity index (χ3v) is 5.95. The Bertz CT molecular complexity index is 1440. The molecule has 0 bridgehead atoms. The average Bonchev–Trinajstić information content (AvgIpc) is 3.43. The van der Waals surface area contributed by atoms with Crippen LogP contribution in [0.5, 0.6) is 0 Å². The molecule has 7 heteroatoms. The first-order valence-electron chi connectivity index (χ1n) is 12.0. The van der Waals surface area contributed by atoms with Crippen molar-refractivity contribution in [2.75, 3.05) is 0 Å². The average molecular weight is 488 g/mol. The molecule has 0 aliphatic rings. The molecule has 0 N–H and O–H groups in total. The fourth-order valence-corrected chi connectivity index (χ4v) is 4.21. The van der Waals surface area contributed by atoms with Crippen molar-refractivity contribution >= 4 is 11.6 Å². The van der Waals surface area contributed by atoms with Crippen molar-refractivity contribution in [2.45, 2.75) is 25.8 Å². The molecule has 0 saturated carbocycles. The number of nitrogens with zero attached hydrogens (tertiary/aromatic N) is 5. The van der Waals surface area contributed by atoms with Gasteiger partial charge in [0.15, 0.2) is 11.6 Å². The number of carbonyl (C=O) groups is 2. The molecule has 0 aliphatic carbocycles. The molecule has 0 radical (unpaired) electrons. The summed E-state index contributed by atoms with van der Waals surface area (Å²) in [5.41, 5.74) is 5.44. The number of pyridine rings is 3. The molecule has 7 nitrogen and oxygen atoms in total. The summed E-state index contributed by atoms with van der Waals surface area (Å²) >= 11 is 0. The second-order valence-electron chi connectivity index (χ2n) is 8.84. The van der Waals surface area contributed by atoms with Gasteiger partial charge in [-0.25, -0.2) is 4.98 Å². The van der Waals surface area contributed by atoms with E-state index in [4.69, 9.17) is 0 Å². The van der Waals surface area contributed by atoms with E-state index >= 15 is 0 Å². The summed E-state index contributed by atoms with van der Waals surface area (Å²) in [6.45, 7) is 0.573. The maximum absolute atomic E-state index is 13.3. The number of hydrogen-bond donors (Lipinski definition) is 0. The van der Waals surface area contributed by atoms with Gasteiger partial charge in [0.2, 0.25) is 0 Å². The van der Waals surface area contributed by atoms with E-state index < -0.39 is 0 Å². The molecule has 37 heavy (non-hydrogen) atoms. The molecule has 0 aliphatic heterocycles. The van der Waals surface area contributed by atoms with Crippen LogP contribution in [-0.2, 0) is 19.4 Å². The minimum Gasteiger partial charge on any atom is -0.333 e. The van der Waals surface area contributed by atoms with E-state index in [0.717, 1.165) is 28.1 Å². The van der Waals surface area contributed by atoms with Crippen LogP contribution in [0, 0.1) is 0 Å². The maximum Gasteiger partial charge on any atom is 0.188 e. The highest BCUT2D eigenvalue weighted by atomic mass is 16.1. The second kappa shape index (κ2) is 11.3. The quantitative estimate of drug-likeness (QED) is 0.209. The third-order valence-electron chi connectivity index (χ3n) is 5.95. The molecular weight excluding hydrogens is 462 g/mol. The number of Topliss-reactive ketones (excluding diaryl/α,β-unsaturated/α-hetero) is 2. The molecule has 0 spiro atoms. The lowest BCUT2D eigenvalue weighted by Crippen LogP contribution is -2.12. The van der Waals surface area contributed by atoms with Gasteiger partial charge in [-0.1, -0.05) is 18.2 Å². The van der Waals surface area contributed by atoms with Crippen LogP contribution in [0.25, 0.3) is 0 Å². The first-order valence-corrected chi connectivity index (χ1v) is 12.0. The Morgan fingerprint density at radius 3 is 1.97 bits per heavy atom. The van der Waals surface area contributed by atoms with Gasteiger partial charge in [-0.05, 0) is 65.2 Å². The summed E-state index contributed by atoms with van der Waals surface area (Å²) in [5.74, 6) is -0.546. The minimum atomic E-state index is -0.307. The normalized spacial score (nSPS) is 10.8. The summed E-state index contributed by atoms with van der Waals surface area (Å²) in [7, 11) is 0. The Labute approximate surface area is 214 Å². The van der Waals surface area contributed by atoms with Crippen molar-refractivity contribution in [1.29, 1.82) is 0 Å². The van der Waals surface area contributed by atoms with Crippen LogP contribution in [0.2, 0.25) is 0 Å². The van der Waals surface area contributed by atoms with Crippen LogP contribution in [0.3, 0.4) is 0 Å². The summed E-state index contributed by atoms with van der Waals surface area (Å²) in [6.07, 6.45) is 11.3. The van der Waals surface area contributed by atoms with Gasteiger partial charge in [0.05, 0.1) is 12.7 Å². The van der Waals surface area contributed by atoms with E-state index in [2.05, 4.69) is 26.0 Å². The highest BCUT2D eigenvalue weighted by Gasteiger charge is 2.17. The molecular formula is C30H25N5O2. The molecule has 4 aromatic heterocycles. The molecule has 4 heterocycles. The Balaban J connectivity index is 1.37. The SMILES string of the molecule is O=C(CC(=O)c1cc(Cn2ccnc2)ccn1)c1cc(Cc2ccccn2)cc(Cc2ccccn2)c1. The molecule has 5 aromatic rings. The number of aromatic nitrogens is 5. The number of benzene rings is 1. The van der Waals surface area contributed by atoms with Gasteiger partial charge in [0.1, 0.15) is 5.69 Å². The Morgan fingerprint density at radius 2 is 1.38 bits per heavy atom. The zero-order valence-corrected chi connectivity index (χ0v) is 20.2. The smallest absolute Gasteiger partial charge is 0.188 e. The van der Waals surface area contributed by atoms with Crippen LogP contribution >= 0.6 is 0 Å². The highest BCUT2D eigenvalue weighted by Crippen LogP contribution is 2.19. The zero-order valence-electron chi connectivity index (χ0n) is 20.2. The van der Waals surface area contributed by atoms with E-state index in [-0.39, 0.29) is 23.7 Å². The largest absolute Gasteiger partial charge is 0.333 e. The van der Waals surface area contributed by atoms with Crippen LogP contribution in [0.1, 0.15) is 55.3 Å². The summed E-state index contributed by atoms with van der Waals surface area (Å²) in [6, 6.07) is 20.9. The highest BCUT2D eigenvalue weighted by molar-refractivity contribution is 6.13. The summed E-state index contributed by atoms with van der Waals surface area (Å²) < 4.78 is 1.91. The first-order chi connectivity index (χ1) is 18.1. The molecule has 0 fully saturated rings. The Morgan fingerprint density at radius 1 is 0.676 bits per heavy atom. The van der Waals surface area contributed by atoms with Gasteiger partial charge in [-0.2, -0.15) is 0 Å². The fraction of sp³-hybridized carbons (Fsp3) is 0.133. The van der Waals surface area contributed by atoms with E-state index in [1.165, 1.54) is 0 Å². The Hall–Kier alpha value is -4.78. The number of carbonyl (C=O) groups excluding carboxylic acids is 2. The van der Waals surface area contributed by atoms with Crippen molar-refractivity contribution in [3.05, 3.63) is 143 Å². The van der Waals surface area contributed by atoms with Gasteiger partial charge in [-0.3, -0.25) is 24.5 Å². The maximum atomic E-state index is 13.3. The lowest BCUT2D eigenvalue weighted by atomic mass is 9.95. The number of ketones is 2. The van der Waals surface area contributed by atoms with Crippen LogP contribution in [-0.4, -0.2) is 36.1 Å². The van der Waals surface area contributed by atoms with Gasteiger partial charge < -0.3 is 4.57 Å². The summed E-state index contributed by atoms with van der Waals surface area (Å²) in [5, 5.41) is 0. The van der Waals surface area contributed by atoms with Crippen molar-refractivity contribution in [1.82, 2.24) is 24.5 Å². The van der Waals surface area contributed by atoms with Gasteiger partial charge >= 0.3 is 0 Å². The molecule has 0 unspecified atom stereocenters. The topological polar surface area (TPSA) is 90.6 Å². The molecule has 0 amide bonds. The van der Waals surface area contributed by atoms with Crippen LogP contribution < -0.4 is 0 Å². The van der Waals surface area contributed by atoms with Crippen molar-refractivity contribution in [3.63, 3.8) is 0 Å². The molecule has 5 rings (SSSR count). The summed E-state index contributed by atoms with van der Waals surface area (Å²) in [4.78, 5) is 43.4. The lowest BCUT2D eigenvalue weighted by molar-refractivity contribution is 0.0891. The number of rotatable bonds is 10. The lowest BCUT2D eigenvalue weighted by Gasteiger charge is -2.10. The molecule has 182 valence electrons. The van der Waals surface area contributed by atoms with E-state index in [1.54, 1.807) is 37.2 Å². The number of imidazole rings is 1. The Kier molecular flexibility index (Phi) is 7.31. The molecule has 1 aromatic carbocycles. The molecule has 0 saturated heterocycles. The predicted octanol–water partition coefficient (Wildman–Crippen LogP) is 4.75. The third kappa shape index (κ3) is 6.46. The minimum absolute atomic E-state index is 0.239. The van der Waals surface area contributed by atoms with Crippen molar-refractivity contribution in [3.8, 4) is 0 Å². The van der Waals surface area contributed by atoms with Gasteiger partial charge in [0.25, 0.3) is 0 Å². The van der Waals surface area contributed by atoms with E-state index in [1.807, 2.05) is 65.4 Å². The zero-order chi connectivity index (χ0) is 25.5.